The average Bonchev–Trinajstić information content (AvgIpc) is 2.69. The second-order valence-corrected chi connectivity index (χ2v) is 4.80. The summed E-state index contributed by atoms with van der Waals surface area (Å²) < 4.78 is 0. The van der Waals surface area contributed by atoms with E-state index in [1.165, 1.54) is 43.5 Å². The summed E-state index contributed by atoms with van der Waals surface area (Å²) in [6.45, 7) is 1.23. The Bertz CT molecular complexity index is 224. The third-order valence-electron chi connectivity index (χ3n) is 2.73. The number of hydrogen-bond acceptors (Lipinski definition) is 2. The van der Waals surface area contributed by atoms with Crippen LogP contribution < -0.4 is 5.32 Å². The van der Waals surface area contributed by atoms with Crippen molar-refractivity contribution in [1.82, 2.24) is 5.32 Å². The van der Waals surface area contributed by atoms with E-state index < -0.39 is 0 Å². The molecule has 1 aliphatic rings. The van der Waals surface area contributed by atoms with Crippen LogP contribution in [0.1, 0.15) is 30.6 Å². The predicted octanol–water partition coefficient (Wildman–Crippen LogP) is 2.82. The molecule has 1 atom stereocenters. The maximum absolute atomic E-state index is 3.59. The van der Waals surface area contributed by atoms with Crippen LogP contribution in [0.15, 0.2) is 17.5 Å². The second kappa shape index (κ2) is 4.77. The molecule has 1 saturated heterocycles. The quantitative estimate of drug-likeness (QED) is 0.782. The lowest BCUT2D eigenvalue weighted by atomic mass is 10.0. The Morgan fingerprint density at radius 1 is 1.46 bits per heavy atom. The number of thiophene rings is 1. The van der Waals surface area contributed by atoms with Gasteiger partial charge in [0.15, 0.2) is 0 Å². The first-order valence-corrected chi connectivity index (χ1v) is 6.09. The predicted molar refractivity (Wildman–Crippen MR) is 58.3 cm³/mol. The van der Waals surface area contributed by atoms with Gasteiger partial charge in [-0.15, -0.1) is 11.3 Å². The minimum Gasteiger partial charge on any atom is -0.314 e. The van der Waals surface area contributed by atoms with Crippen LogP contribution in [0.2, 0.25) is 0 Å². The first kappa shape index (κ1) is 9.22. The highest BCUT2D eigenvalue weighted by Gasteiger charge is 2.11. The molecule has 0 saturated carbocycles. The van der Waals surface area contributed by atoms with Crippen molar-refractivity contribution in [2.75, 3.05) is 6.54 Å². The van der Waals surface area contributed by atoms with Crippen molar-refractivity contribution >= 4 is 11.3 Å². The van der Waals surface area contributed by atoms with Crippen molar-refractivity contribution in [2.45, 2.75) is 38.1 Å². The van der Waals surface area contributed by atoms with Gasteiger partial charge in [0.05, 0.1) is 0 Å². The van der Waals surface area contributed by atoms with Crippen LogP contribution >= 0.6 is 11.3 Å². The van der Waals surface area contributed by atoms with E-state index in [1.54, 1.807) is 0 Å². The Morgan fingerprint density at radius 2 is 2.46 bits per heavy atom. The van der Waals surface area contributed by atoms with Crippen molar-refractivity contribution in [2.24, 2.45) is 0 Å². The zero-order chi connectivity index (χ0) is 8.93. The van der Waals surface area contributed by atoms with Crippen LogP contribution in [0.4, 0.5) is 0 Å². The number of piperidine rings is 1. The topological polar surface area (TPSA) is 12.0 Å². The monoisotopic (exact) mass is 195 g/mol. The van der Waals surface area contributed by atoms with Crippen LogP contribution in [0.5, 0.6) is 0 Å². The van der Waals surface area contributed by atoms with Gasteiger partial charge in [0, 0.05) is 10.9 Å². The van der Waals surface area contributed by atoms with Gasteiger partial charge in [-0.1, -0.05) is 12.5 Å². The molecule has 0 aliphatic carbocycles. The number of rotatable bonds is 3. The van der Waals surface area contributed by atoms with Crippen LogP contribution in [-0.2, 0) is 6.42 Å². The minimum atomic E-state index is 0.788. The van der Waals surface area contributed by atoms with Crippen molar-refractivity contribution in [3.05, 3.63) is 22.4 Å². The molecule has 1 aliphatic heterocycles. The molecule has 13 heavy (non-hydrogen) atoms. The summed E-state index contributed by atoms with van der Waals surface area (Å²) in [6.07, 6.45) is 6.75. The SMILES string of the molecule is c1csc(CC[C@H]2CCCCN2)c1. The van der Waals surface area contributed by atoms with E-state index in [0.717, 1.165) is 6.04 Å². The van der Waals surface area contributed by atoms with Crippen LogP contribution in [0.3, 0.4) is 0 Å². The summed E-state index contributed by atoms with van der Waals surface area (Å²) in [4.78, 5) is 1.53. The van der Waals surface area contributed by atoms with Gasteiger partial charge in [-0.05, 0) is 43.7 Å². The van der Waals surface area contributed by atoms with Gasteiger partial charge >= 0.3 is 0 Å². The average molecular weight is 195 g/mol. The maximum Gasteiger partial charge on any atom is 0.00705 e. The third-order valence-corrected chi connectivity index (χ3v) is 3.67. The molecule has 1 fully saturated rings. The zero-order valence-electron chi connectivity index (χ0n) is 7.96. The molecule has 0 unspecified atom stereocenters. The molecule has 0 amide bonds. The van der Waals surface area contributed by atoms with Gasteiger partial charge in [-0.25, -0.2) is 0 Å². The van der Waals surface area contributed by atoms with Crippen molar-refractivity contribution in [3.63, 3.8) is 0 Å². The highest BCUT2D eigenvalue weighted by Crippen LogP contribution is 2.16. The Labute approximate surface area is 84.2 Å². The molecular weight excluding hydrogens is 178 g/mol. The molecule has 0 spiro atoms. The van der Waals surface area contributed by atoms with Gasteiger partial charge in [-0.3, -0.25) is 0 Å². The van der Waals surface area contributed by atoms with Gasteiger partial charge in [0.2, 0.25) is 0 Å². The standard InChI is InChI=1S/C11H17NS/c1-2-8-12-10(4-1)6-7-11-5-3-9-13-11/h3,5,9-10,12H,1-2,4,6-8H2/t10-/m1/s1. The lowest BCUT2D eigenvalue weighted by molar-refractivity contribution is 0.383. The molecule has 1 nitrogen and oxygen atoms in total. The van der Waals surface area contributed by atoms with Crippen LogP contribution in [0.25, 0.3) is 0 Å². The summed E-state index contributed by atoms with van der Waals surface area (Å²) in [5.74, 6) is 0. The number of nitrogens with one attached hydrogen (secondary N) is 1. The van der Waals surface area contributed by atoms with E-state index in [4.69, 9.17) is 0 Å². The smallest absolute Gasteiger partial charge is 0.00705 e. The van der Waals surface area contributed by atoms with E-state index in [0.29, 0.717) is 0 Å². The lowest BCUT2D eigenvalue weighted by Gasteiger charge is -2.22. The Balaban J connectivity index is 1.72. The van der Waals surface area contributed by atoms with Crippen LogP contribution in [-0.4, -0.2) is 12.6 Å². The number of hydrogen-bond donors (Lipinski definition) is 1. The zero-order valence-corrected chi connectivity index (χ0v) is 8.78. The van der Waals surface area contributed by atoms with Crippen molar-refractivity contribution in [1.29, 1.82) is 0 Å². The minimum absolute atomic E-state index is 0.788. The van der Waals surface area contributed by atoms with Gasteiger partial charge in [0.1, 0.15) is 0 Å². The van der Waals surface area contributed by atoms with E-state index in [1.807, 2.05) is 11.3 Å². The summed E-state index contributed by atoms with van der Waals surface area (Å²) in [5.41, 5.74) is 0. The molecule has 2 rings (SSSR count). The van der Waals surface area contributed by atoms with Crippen molar-refractivity contribution < 1.29 is 0 Å². The molecule has 1 aromatic rings. The molecule has 0 radical (unpaired) electrons. The molecular formula is C11H17NS. The molecule has 0 aromatic carbocycles. The summed E-state index contributed by atoms with van der Waals surface area (Å²) in [7, 11) is 0. The van der Waals surface area contributed by atoms with Gasteiger partial charge < -0.3 is 5.32 Å². The fourth-order valence-electron chi connectivity index (χ4n) is 1.94. The largest absolute Gasteiger partial charge is 0.314 e. The van der Waals surface area contributed by atoms with Crippen molar-refractivity contribution in [3.8, 4) is 0 Å². The van der Waals surface area contributed by atoms with E-state index in [-0.39, 0.29) is 0 Å². The fraction of sp³-hybridized carbons (Fsp3) is 0.636. The highest BCUT2D eigenvalue weighted by molar-refractivity contribution is 7.09. The highest BCUT2D eigenvalue weighted by atomic mass is 32.1. The third kappa shape index (κ3) is 2.82. The number of aryl methyl sites for hydroxylation is 1. The summed E-state index contributed by atoms with van der Waals surface area (Å²) in [6, 6.07) is 5.18. The summed E-state index contributed by atoms with van der Waals surface area (Å²) >= 11 is 1.88. The molecule has 2 heteroatoms. The van der Waals surface area contributed by atoms with E-state index >= 15 is 0 Å². The van der Waals surface area contributed by atoms with Gasteiger partial charge in [-0.2, -0.15) is 0 Å². The molecule has 0 bridgehead atoms. The Hall–Kier alpha value is -0.340. The molecule has 2 heterocycles. The molecule has 72 valence electrons. The van der Waals surface area contributed by atoms with E-state index in [9.17, 15) is 0 Å². The van der Waals surface area contributed by atoms with Gasteiger partial charge in [0.25, 0.3) is 0 Å². The molecule has 1 aromatic heterocycles. The second-order valence-electron chi connectivity index (χ2n) is 3.76. The van der Waals surface area contributed by atoms with Crippen LogP contribution in [0, 0.1) is 0 Å². The normalized spacial score (nSPS) is 23.2. The maximum atomic E-state index is 3.59. The van der Waals surface area contributed by atoms with E-state index in [2.05, 4.69) is 22.8 Å². The molecule has 1 N–H and O–H groups in total. The Kier molecular flexibility index (Phi) is 3.39. The first-order chi connectivity index (χ1) is 6.45. The lowest BCUT2D eigenvalue weighted by Crippen LogP contribution is -2.34. The fourth-order valence-corrected chi connectivity index (χ4v) is 2.67. The Morgan fingerprint density at radius 3 is 3.15 bits per heavy atom. The first-order valence-electron chi connectivity index (χ1n) is 5.21. The summed E-state index contributed by atoms with van der Waals surface area (Å²) in [5, 5.41) is 5.76.